The Morgan fingerprint density at radius 3 is 2.75 bits per heavy atom. The molecular formula is C9H15NOS. The van der Waals surface area contributed by atoms with Crippen LogP contribution in [0.15, 0.2) is 0 Å². The molecule has 3 heteroatoms. The molecule has 68 valence electrons. The average Bonchev–Trinajstić information content (AvgIpc) is 2.16. The maximum absolute atomic E-state index is 8.75. The zero-order valence-corrected chi connectivity index (χ0v) is 8.27. The van der Waals surface area contributed by atoms with Crippen LogP contribution in [0.25, 0.3) is 0 Å². The first-order valence-corrected chi connectivity index (χ1v) is 5.65. The maximum atomic E-state index is 8.75. The number of rotatable bonds is 3. The van der Waals surface area contributed by atoms with Crippen molar-refractivity contribution in [2.75, 3.05) is 19.5 Å². The first-order valence-electron chi connectivity index (χ1n) is 4.37. The minimum absolute atomic E-state index is 0.188. The number of thioether (sulfide) groups is 1. The second-order valence-corrected chi connectivity index (χ2v) is 4.19. The van der Waals surface area contributed by atoms with Crippen LogP contribution in [0.4, 0.5) is 0 Å². The van der Waals surface area contributed by atoms with Gasteiger partial charge in [-0.25, -0.2) is 0 Å². The van der Waals surface area contributed by atoms with Crippen LogP contribution in [-0.4, -0.2) is 24.7 Å². The standard InChI is InChI=1S/C9H15NOS/c1-12-9(7-10)6-8-2-4-11-5-3-8/h8-9H,2-6H2,1H3. The van der Waals surface area contributed by atoms with Gasteiger partial charge < -0.3 is 4.74 Å². The fraction of sp³-hybridized carbons (Fsp3) is 0.889. The summed E-state index contributed by atoms with van der Waals surface area (Å²) in [6, 6.07) is 2.32. The minimum Gasteiger partial charge on any atom is -0.381 e. The molecule has 1 aliphatic heterocycles. The van der Waals surface area contributed by atoms with Gasteiger partial charge in [-0.1, -0.05) is 0 Å². The van der Waals surface area contributed by atoms with Crippen LogP contribution in [0.5, 0.6) is 0 Å². The summed E-state index contributed by atoms with van der Waals surface area (Å²) < 4.78 is 5.26. The monoisotopic (exact) mass is 185 g/mol. The van der Waals surface area contributed by atoms with Gasteiger partial charge in [0.1, 0.15) is 0 Å². The van der Waals surface area contributed by atoms with Crippen LogP contribution in [0, 0.1) is 17.2 Å². The molecule has 2 nitrogen and oxygen atoms in total. The predicted molar refractivity (Wildman–Crippen MR) is 51.1 cm³/mol. The summed E-state index contributed by atoms with van der Waals surface area (Å²) in [5.41, 5.74) is 0. The zero-order chi connectivity index (χ0) is 8.81. The summed E-state index contributed by atoms with van der Waals surface area (Å²) in [6.45, 7) is 1.77. The van der Waals surface area contributed by atoms with Crippen LogP contribution in [0.1, 0.15) is 19.3 Å². The van der Waals surface area contributed by atoms with E-state index in [0.717, 1.165) is 38.4 Å². The van der Waals surface area contributed by atoms with Gasteiger partial charge in [0.15, 0.2) is 0 Å². The van der Waals surface area contributed by atoms with Crippen LogP contribution >= 0.6 is 11.8 Å². The second kappa shape index (κ2) is 5.45. The summed E-state index contributed by atoms with van der Waals surface area (Å²) in [5, 5.41) is 8.94. The Morgan fingerprint density at radius 1 is 1.58 bits per heavy atom. The third-order valence-electron chi connectivity index (χ3n) is 2.32. The summed E-state index contributed by atoms with van der Waals surface area (Å²) >= 11 is 1.66. The van der Waals surface area contributed by atoms with Gasteiger partial charge in [0, 0.05) is 13.2 Å². The van der Waals surface area contributed by atoms with E-state index in [0.29, 0.717) is 0 Å². The maximum Gasteiger partial charge on any atom is 0.0916 e. The first-order chi connectivity index (χ1) is 5.86. The number of hydrogen-bond donors (Lipinski definition) is 0. The van der Waals surface area contributed by atoms with E-state index in [2.05, 4.69) is 6.07 Å². The van der Waals surface area contributed by atoms with Crippen molar-refractivity contribution in [3.05, 3.63) is 0 Å². The molecule has 12 heavy (non-hydrogen) atoms. The molecule has 0 aliphatic carbocycles. The topological polar surface area (TPSA) is 33.0 Å². The molecule has 1 heterocycles. The Balaban J connectivity index is 2.24. The molecule has 0 bridgehead atoms. The summed E-state index contributed by atoms with van der Waals surface area (Å²) in [6.07, 6.45) is 5.33. The highest BCUT2D eigenvalue weighted by Crippen LogP contribution is 2.24. The van der Waals surface area contributed by atoms with Crippen molar-refractivity contribution in [1.82, 2.24) is 0 Å². The van der Waals surface area contributed by atoms with Gasteiger partial charge in [-0.05, 0) is 31.4 Å². The van der Waals surface area contributed by atoms with Gasteiger partial charge in [0.2, 0.25) is 0 Å². The molecule has 1 unspecified atom stereocenters. The van der Waals surface area contributed by atoms with E-state index in [1.807, 2.05) is 6.26 Å². The van der Waals surface area contributed by atoms with Crippen LogP contribution in [0.2, 0.25) is 0 Å². The van der Waals surface area contributed by atoms with E-state index < -0.39 is 0 Å². The van der Waals surface area contributed by atoms with Gasteiger partial charge in [-0.2, -0.15) is 5.26 Å². The van der Waals surface area contributed by atoms with Crippen LogP contribution < -0.4 is 0 Å². The van der Waals surface area contributed by atoms with Crippen molar-refractivity contribution >= 4 is 11.8 Å². The summed E-state index contributed by atoms with van der Waals surface area (Å²) in [4.78, 5) is 0. The normalized spacial score (nSPS) is 21.7. The largest absolute Gasteiger partial charge is 0.381 e. The highest BCUT2D eigenvalue weighted by Gasteiger charge is 2.17. The summed E-state index contributed by atoms with van der Waals surface area (Å²) in [5.74, 6) is 0.718. The lowest BCUT2D eigenvalue weighted by Crippen LogP contribution is -2.18. The molecule has 0 saturated carbocycles. The lowest BCUT2D eigenvalue weighted by atomic mass is 9.95. The predicted octanol–water partition coefficient (Wildman–Crippen LogP) is 2.06. The molecule has 0 spiro atoms. The first kappa shape index (κ1) is 9.88. The number of nitriles is 1. The molecule has 0 N–H and O–H groups in total. The Morgan fingerprint density at radius 2 is 2.25 bits per heavy atom. The fourth-order valence-electron chi connectivity index (χ4n) is 1.49. The molecule has 1 atom stereocenters. The molecule has 1 fully saturated rings. The Hall–Kier alpha value is -0.200. The lowest BCUT2D eigenvalue weighted by molar-refractivity contribution is 0.0647. The molecule has 0 radical (unpaired) electrons. The van der Waals surface area contributed by atoms with Gasteiger partial charge in [-0.3, -0.25) is 0 Å². The Labute approximate surface area is 78.3 Å². The number of nitrogens with zero attached hydrogens (tertiary/aromatic N) is 1. The number of hydrogen-bond acceptors (Lipinski definition) is 3. The lowest BCUT2D eigenvalue weighted by Gasteiger charge is -2.22. The van der Waals surface area contributed by atoms with Crippen molar-refractivity contribution in [1.29, 1.82) is 5.26 Å². The van der Waals surface area contributed by atoms with Crippen molar-refractivity contribution in [2.24, 2.45) is 5.92 Å². The highest BCUT2D eigenvalue weighted by molar-refractivity contribution is 7.99. The van der Waals surface area contributed by atoms with E-state index in [4.69, 9.17) is 10.00 Å². The molecule has 0 aromatic heterocycles. The van der Waals surface area contributed by atoms with E-state index in [-0.39, 0.29) is 5.25 Å². The van der Waals surface area contributed by atoms with E-state index in [1.54, 1.807) is 11.8 Å². The molecule has 1 rings (SSSR count). The van der Waals surface area contributed by atoms with Crippen LogP contribution in [0.3, 0.4) is 0 Å². The molecular weight excluding hydrogens is 170 g/mol. The molecule has 0 aromatic carbocycles. The highest BCUT2D eigenvalue weighted by atomic mass is 32.2. The van der Waals surface area contributed by atoms with Gasteiger partial charge >= 0.3 is 0 Å². The third-order valence-corrected chi connectivity index (χ3v) is 3.18. The SMILES string of the molecule is CSC(C#N)CC1CCOCC1. The smallest absolute Gasteiger partial charge is 0.0916 e. The van der Waals surface area contributed by atoms with Crippen molar-refractivity contribution < 1.29 is 4.74 Å². The van der Waals surface area contributed by atoms with Crippen molar-refractivity contribution in [2.45, 2.75) is 24.5 Å². The molecule has 1 aliphatic rings. The quantitative estimate of drug-likeness (QED) is 0.674. The average molecular weight is 185 g/mol. The van der Waals surface area contributed by atoms with Crippen molar-refractivity contribution in [3.8, 4) is 6.07 Å². The van der Waals surface area contributed by atoms with E-state index in [1.165, 1.54) is 0 Å². The van der Waals surface area contributed by atoms with Gasteiger partial charge in [0.25, 0.3) is 0 Å². The van der Waals surface area contributed by atoms with Crippen molar-refractivity contribution in [3.63, 3.8) is 0 Å². The Bertz CT molecular complexity index is 160. The fourth-order valence-corrected chi connectivity index (χ4v) is 2.06. The molecule has 0 amide bonds. The second-order valence-electron chi connectivity index (χ2n) is 3.14. The molecule has 1 saturated heterocycles. The minimum atomic E-state index is 0.188. The Kier molecular flexibility index (Phi) is 4.49. The third kappa shape index (κ3) is 3.04. The number of ether oxygens (including phenoxy) is 1. The van der Waals surface area contributed by atoms with E-state index >= 15 is 0 Å². The summed E-state index contributed by atoms with van der Waals surface area (Å²) in [7, 11) is 0. The molecule has 0 aromatic rings. The zero-order valence-electron chi connectivity index (χ0n) is 7.45. The van der Waals surface area contributed by atoms with E-state index in [9.17, 15) is 0 Å². The van der Waals surface area contributed by atoms with Crippen LogP contribution in [-0.2, 0) is 4.74 Å². The van der Waals surface area contributed by atoms with Gasteiger partial charge in [-0.15, -0.1) is 11.8 Å². The van der Waals surface area contributed by atoms with Gasteiger partial charge in [0.05, 0.1) is 11.3 Å².